The van der Waals surface area contributed by atoms with E-state index < -0.39 is 10.0 Å². The Morgan fingerprint density at radius 1 is 0.912 bits per heavy atom. The Kier molecular flexibility index (Phi) is 7.13. The topological polar surface area (TPSA) is 131 Å². The van der Waals surface area contributed by atoms with E-state index in [2.05, 4.69) is 10.0 Å². The van der Waals surface area contributed by atoms with Gasteiger partial charge < -0.3 is 14.8 Å². The number of carbonyl (C=O) groups excluding carboxylic acids is 3. The number of anilines is 2. The van der Waals surface area contributed by atoms with Crippen LogP contribution in [0.4, 0.5) is 11.4 Å². The number of fused-ring (bicyclic) bond motifs is 1. The van der Waals surface area contributed by atoms with Crippen LogP contribution in [0.2, 0.25) is 0 Å². The van der Waals surface area contributed by atoms with Crippen LogP contribution in [0.1, 0.15) is 32.1 Å². The zero-order valence-electron chi connectivity index (χ0n) is 18.4. The molecule has 0 spiro atoms. The van der Waals surface area contributed by atoms with Crippen molar-refractivity contribution in [2.24, 2.45) is 0 Å². The zero-order valence-corrected chi connectivity index (χ0v) is 19.2. The predicted octanol–water partition coefficient (Wildman–Crippen LogP) is 2.20. The molecule has 4 rings (SSSR count). The van der Waals surface area contributed by atoms with Crippen molar-refractivity contribution in [2.75, 3.05) is 30.0 Å². The zero-order chi connectivity index (χ0) is 24.1. The van der Waals surface area contributed by atoms with E-state index in [1.807, 2.05) is 0 Å². The number of piperidine rings is 1. The third-order valence-corrected chi connectivity index (χ3v) is 6.82. The van der Waals surface area contributed by atoms with Crippen molar-refractivity contribution in [1.29, 1.82) is 0 Å². The summed E-state index contributed by atoms with van der Waals surface area (Å²) in [5.41, 5.74) is 0.923. The lowest BCUT2D eigenvalue weighted by Gasteiger charge is -2.24. The summed E-state index contributed by atoms with van der Waals surface area (Å²) in [5, 5.41) is 2.67. The first kappa shape index (κ1) is 23.7. The van der Waals surface area contributed by atoms with Gasteiger partial charge in [-0.2, -0.15) is 0 Å². The van der Waals surface area contributed by atoms with Gasteiger partial charge in [0.15, 0.2) is 11.5 Å². The summed E-state index contributed by atoms with van der Waals surface area (Å²) in [4.78, 5) is 37.5. The lowest BCUT2D eigenvalue weighted by atomic mass is 10.1. The van der Waals surface area contributed by atoms with Crippen LogP contribution in [-0.2, 0) is 24.4 Å². The van der Waals surface area contributed by atoms with Crippen molar-refractivity contribution < 1.29 is 32.3 Å². The van der Waals surface area contributed by atoms with Gasteiger partial charge >= 0.3 is 0 Å². The van der Waals surface area contributed by atoms with E-state index in [-0.39, 0.29) is 35.6 Å². The van der Waals surface area contributed by atoms with Crippen LogP contribution in [0.3, 0.4) is 0 Å². The fourth-order valence-electron chi connectivity index (χ4n) is 3.65. The predicted molar refractivity (Wildman–Crippen MR) is 123 cm³/mol. The minimum Gasteiger partial charge on any atom is -0.490 e. The van der Waals surface area contributed by atoms with Gasteiger partial charge in [0.1, 0.15) is 0 Å². The molecule has 180 valence electrons. The molecule has 2 heterocycles. The summed E-state index contributed by atoms with van der Waals surface area (Å²) >= 11 is 0. The van der Waals surface area contributed by atoms with Crippen LogP contribution in [0.15, 0.2) is 47.4 Å². The summed E-state index contributed by atoms with van der Waals surface area (Å²) < 4.78 is 38.6. The summed E-state index contributed by atoms with van der Waals surface area (Å²) in [7, 11) is -3.84. The van der Waals surface area contributed by atoms with Gasteiger partial charge in [-0.1, -0.05) is 0 Å². The van der Waals surface area contributed by atoms with Crippen molar-refractivity contribution in [3.8, 4) is 11.5 Å². The number of sulfonamides is 1. The number of rotatable bonds is 7. The first-order valence-electron chi connectivity index (χ1n) is 11.0. The maximum absolute atomic E-state index is 12.6. The highest BCUT2D eigenvalue weighted by atomic mass is 32.2. The number of hydrogen-bond acceptors (Lipinski definition) is 7. The van der Waals surface area contributed by atoms with Crippen LogP contribution in [0.5, 0.6) is 11.5 Å². The molecule has 0 aliphatic carbocycles. The van der Waals surface area contributed by atoms with Crippen molar-refractivity contribution in [2.45, 2.75) is 37.0 Å². The fraction of sp³-hybridized carbons (Fsp3) is 0.348. The molecule has 2 aromatic rings. The highest BCUT2D eigenvalue weighted by Gasteiger charge is 2.27. The molecule has 0 saturated carbocycles. The van der Waals surface area contributed by atoms with Crippen LogP contribution in [0, 0.1) is 0 Å². The Morgan fingerprint density at radius 2 is 1.59 bits per heavy atom. The van der Waals surface area contributed by atoms with Gasteiger partial charge in [0.05, 0.1) is 23.8 Å². The summed E-state index contributed by atoms with van der Waals surface area (Å²) in [5.74, 6) is -0.00704. The molecule has 3 amide bonds. The van der Waals surface area contributed by atoms with E-state index in [4.69, 9.17) is 9.47 Å². The van der Waals surface area contributed by atoms with Gasteiger partial charge in [0.2, 0.25) is 27.7 Å². The minimum absolute atomic E-state index is 0.0227. The summed E-state index contributed by atoms with van der Waals surface area (Å²) in [6.45, 7) is 0.844. The molecule has 2 aliphatic heterocycles. The Bertz CT molecular complexity index is 1180. The first-order valence-corrected chi connectivity index (χ1v) is 12.5. The van der Waals surface area contributed by atoms with E-state index in [9.17, 15) is 22.8 Å². The van der Waals surface area contributed by atoms with Crippen molar-refractivity contribution in [3.05, 3.63) is 42.5 Å². The number of nitrogens with zero attached hydrogens (tertiary/aromatic N) is 1. The summed E-state index contributed by atoms with van der Waals surface area (Å²) in [6, 6.07) is 10.7. The first-order chi connectivity index (χ1) is 16.3. The van der Waals surface area contributed by atoms with E-state index in [1.54, 1.807) is 30.3 Å². The van der Waals surface area contributed by atoms with E-state index in [1.165, 1.54) is 12.1 Å². The van der Waals surface area contributed by atoms with Gasteiger partial charge in [-0.15, -0.1) is 0 Å². The Hall–Kier alpha value is -3.44. The molecule has 1 fully saturated rings. The molecule has 2 N–H and O–H groups in total. The number of amides is 3. The Balaban J connectivity index is 1.30. The largest absolute Gasteiger partial charge is 0.490 e. The lowest BCUT2D eigenvalue weighted by Crippen LogP contribution is -2.40. The monoisotopic (exact) mass is 487 g/mol. The second kappa shape index (κ2) is 10.2. The number of benzene rings is 2. The quantitative estimate of drug-likeness (QED) is 0.573. The van der Waals surface area contributed by atoms with Gasteiger partial charge in [0.25, 0.3) is 0 Å². The second-order valence-electron chi connectivity index (χ2n) is 7.88. The minimum atomic E-state index is -3.84. The van der Waals surface area contributed by atoms with Gasteiger partial charge in [-0.3, -0.25) is 19.3 Å². The normalized spacial score (nSPS) is 16.2. The maximum atomic E-state index is 12.6. The smallest absolute Gasteiger partial charge is 0.240 e. The summed E-state index contributed by atoms with van der Waals surface area (Å²) in [6.07, 6.45) is 1.83. The third-order valence-electron chi connectivity index (χ3n) is 5.36. The average molecular weight is 488 g/mol. The molecule has 2 aromatic carbocycles. The van der Waals surface area contributed by atoms with E-state index in [0.29, 0.717) is 61.8 Å². The van der Waals surface area contributed by atoms with Crippen LogP contribution in [-0.4, -0.2) is 45.9 Å². The molecule has 1 saturated heterocycles. The molecule has 34 heavy (non-hydrogen) atoms. The molecule has 11 heteroatoms. The van der Waals surface area contributed by atoms with E-state index >= 15 is 0 Å². The van der Waals surface area contributed by atoms with Crippen molar-refractivity contribution in [3.63, 3.8) is 0 Å². The van der Waals surface area contributed by atoms with E-state index in [0.717, 1.165) is 4.90 Å². The molecule has 0 atom stereocenters. The molecule has 0 unspecified atom stereocenters. The van der Waals surface area contributed by atoms with Gasteiger partial charge in [0, 0.05) is 44.0 Å². The van der Waals surface area contributed by atoms with Crippen molar-refractivity contribution >= 4 is 39.1 Å². The molecular formula is C23H25N3O7S. The average Bonchev–Trinajstić information content (AvgIpc) is 3.05. The fourth-order valence-corrected chi connectivity index (χ4v) is 4.70. The molecule has 0 radical (unpaired) electrons. The highest BCUT2D eigenvalue weighted by molar-refractivity contribution is 7.89. The Morgan fingerprint density at radius 3 is 2.29 bits per heavy atom. The number of imide groups is 1. The molecule has 10 nitrogen and oxygen atoms in total. The molecule has 0 bridgehead atoms. The van der Waals surface area contributed by atoms with Crippen LogP contribution >= 0.6 is 0 Å². The Labute approximate surface area is 197 Å². The van der Waals surface area contributed by atoms with Gasteiger partial charge in [-0.05, 0) is 42.8 Å². The molecule has 0 aromatic heterocycles. The molecular weight excluding hydrogens is 462 g/mol. The van der Waals surface area contributed by atoms with Gasteiger partial charge in [-0.25, -0.2) is 13.1 Å². The standard InChI is InChI=1S/C23H25N3O7S/c27-21(25-16-5-7-17(8-6-16)26-22(28)3-1-4-23(26)29)11-12-24-34(30,31)18-9-10-19-20(15-18)33-14-2-13-32-19/h5-10,15,24H,1-4,11-14H2,(H,25,27). The number of ether oxygens (including phenoxy) is 2. The number of carbonyl (C=O) groups is 3. The third kappa shape index (κ3) is 5.54. The number of hydrogen-bond donors (Lipinski definition) is 2. The highest BCUT2D eigenvalue weighted by Crippen LogP contribution is 2.31. The van der Waals surface area contributed by atoms with Crippen LogP contribution < -0.4 is 24.4 Å². The maximum Gasteiger partial charge on any atom is 0.240 e. The number of nitrogens with one attached hydrogen (secondary N) is 2. The lowest BCUT2D eigenvalue weighted by molar-refractivity contribution is -0.129. The van der Waals surface area contributed by atoms with Crippen molar-refractivity contribution in [1.82, 2.24) is 4.72 Å². The second-order valence-corrected chi connectivity index (χ2v) is 9.65. The SMILES string of the molecule is O=C(CCNS(=O)(=O)c1ccc2c(c1)OCCCO2)Nc1ccc(N2C(=O)CCCC2=O)cc1. The van der Waals surface area contributed by atoms with Crippen LogP contribution in [0.25, 0.3) is 0 Å². The molecule has 2 aliphatic rings.